The van der Waals surface area contributed by atoms with Crippen molar-refractivity contribution in [3.63, 3.8) is 0 Å². The van der Waals surface area contributed by atoms with E-state index in [0.717, 1.165) is 16.8 Å². The average molecular weight is 397 g/mol. The molecular formula is C28H19N3. The highest BCUT2D eigenvalue weighted by Crippen LogP contribution is 2.51. The third-order valence-electron chi connectivity index (χ3n) is 7.45. The lowest BCUT2D eigenvalue weighted by Crippen LogP contribution is -2.14. The summed E-state index contributed by atoms with van der Waals surface area (Å²) in [5, 5.41) is 2.61. The molecule has 3 heterocycles. The van der Waals surface area contributed by atoms with Gasteiger partial charge in [-0.25, -0.2) is 4.98 Å². The molecule has 4 aromatic carbocycles. The lowest BCUT2D eigenvalue weighted by atomic mass is 9.82. The number of hydrogen-bond donors (Lipinski definition) is 0. The third kappa shape index (κ3) is 1.65. The van der Waals surface area contributed by atoms with Gasteiger partial charge in [0.05, 0.1) is 27.6 Å². The quantitative estimate of drug-likeness (QED) is 0.276. The van der Waals surface area contributed by atoms with Gasteiger partial charge in [0.2, 0.25) is 5.78 Å². The SMILES string of the molecule is CC1(C)c2ccccc2-c2cc3c4cccc5c4n(c3cc21)c1nc2ccccc2n51. The molecule has 0 radical (unpaired) electrons. The van der Waals surface area contributed by atoms with Gasteiger partial charge in [-0.15, -0.1) is 0 Å². The van der Waals surface area contributed by atoms with Crippen molar-refractivity contribution in [2.75, 3.05) is 0 Å². The van der Waals surface area contributed by atoms with E-state index in [2.05, 4.69) is 102 Å². The summed E-state index contributed by atoms with van der Waals surface area (Å²) in [6, 6.07) is 28.8. The Morgan fingerprint density at radius 3 is 2.39 bits per heavy atom. The van der Waals surface area contributed by atoms with Crippen molar-refractivity contribution < 1.29 is 0 Å². The Morgan fingerprint density at radius 1 is 0.645 bits per heavy atom. The van der Waals surface area contributed by atoms with Crippen molar-refractivity contribution in [1.82, 2.24) is 13.8 Å². The van der Waals surface area contributed by atoms with Crippen molar-refractivity contribution in [1.29, 1.82) is 0 Å². The molecule has 3 heteroatoms. The molecule has 0 aliphatic heterocycles. The van der Waals surface area contributed by atoms with Crippen LogP contribution in [0.25, 0.3) is 55.3 Å². The van der Waals surface area contributed by atoms with Gasteiger partial charge >= 0.3 is 0 Å². The molecule has 0 bridgehead atoms. The zero-order valence-corrected chi connectivity index (χ0v) is 17.3. The maximum absolute atomic E-state index is 5.05. The number of benzene rings is 4. The predicted octanol–water partition coefficient (Wildman–Crippen LogP) is 6.79. The molecule has 146 valence electrons. The van der Waals surface area contributed by atoms with E-state index in [1.54, 1.807) is 0 Å². The topological polar surface area (TPSA) is 21.7 Å². The molecule has 1 aliphatic carbocycles. The number of nitrogens with zero attached hydrogens (tertiary/aromatic N) is 3. The summed E-state index contributed by atoms with van der Waals surface area (Å²) < 4.78 is 4.68. The number of para-hydroxylation sites is 3. The second kappa shape index (κ2) is 4.89. The van der Waals surface area contributed by atoms with E-state index in [1.807, 2.05) is 0 Å². The maximum Gasteiger partial charge on any atom is 0.220 e. The van der Waals surface area contributed by atoms with Crippen LogP contribution in [-0.2, 0) is 5.41 Å². The van der Waals surface area contributed by atoms with Crippen LogP contribution < -0.4 is 0 Å². The third-order valence-corrected chi connectivity index (χ3v) is 7.45. The summed E-state index contributed by atoms with van der Waals surface area (Å²) in [5.41, 5.74) is 11.5. The van der Waals surface area contributed by atoms with Gasteiger partial charge in [0, 0.05) is 16.2 Å². The molecule has 31 heavy (non-hydrogen) atoms. The number of aromatic nitrogens is 3. The van der Waals surface area contributed by atoms with E-state index < -0.39 is 0 Å². The normalized spacial score (nSPS) is 15.0. The molecule has 0 spiro atoms. The first-order valence-electron chi connectivity index (χ1n) is 10.8. The molecule has 3 nitrogen and oxygen atoms in total. The number of imidazole rings is 2. The fourth-order valence-corrected chi connectivity index (χ4v) is 6.03. The molecule has 1 aliphatic rings. The monoisotopic (exact) mass is 397 g/mol. The summed E-state index contributed by atoms with van der Waals surface area (Å²) in [4.78, 5) is 5.05. The molecule has 0 unspecified atom stereocenters. The number of fused-ring (bicyclic) bond motifs is 11. The van der Waals surface area contributed by atoms with Crippen LogP contribution in [0.2, 0.25) is 0 Å². The fourth-order valence-electron chi connectivity index (χ4n) is 6.03. The minimum atomic E-state index is -0.0155. The highest BCUT2D eigenvalue weighted by molar-refractivity contribution is 6.17. The molecule has 0 saturated heterocycles. The summed E-state index contributed by atoms with van der Waals surface area (Å²) in [6.07, 6.45) is 0. The summed E-state index contributed by atoms with van der Waals surface area (Å²) >= 11 is 0. The first-order valence-corrected chi connectivity index (χ1v) is 10.8. The van der Waals surface area contributed by atoms with E-state index in [4.69, 9.17) is 4.98 Å². The minimum Gasteiger partial charge on any atom is -0.277 e. The van der Waals surface area contributed by atoms with Crippen LogP contribution >= 0.6 is 0 Å². The average Bonchev–Trinajstić information content (AvgIpc) is 3.48. The standard InChI is InChI=1S/C28H19N3/c1-28(2)20-10-4-3-8-16(20)18-14-19-17-9-7-13-24-26(17)31(25(19)15-21(18)28)27-29-22-11-5-6-12-23(22)30(24)27/h3-15H,1-2H3. The predicted molar refractivity (Wildman–Crippen MR) is 127 cm³/mol. The van der Waals surface area contributed by atoms with Crippen molar-refractivity contribution in [3.05, 3.63) is 90.0 Å². The zero-order valence-electron chi connectivity index (χ0n) is 17.3. The van der Waals surface area contributed by atoms with Gasteiger partial charge in [0.15, 0.2) is 0 Å². The Morgan fingerprint density at radius 2 is 1.45 bits per heavy atom. The Hall–Kier alpha value is -3.85. The Balaban J connectivity index is 1.63. The minimum absolute atomic E-state index is 0.0155. The van der Waals surface area contributed by atoms with Crippen LogP contribution in [0.1, 0.15) is 25.0 Å². The van der Waals surface area contributed by atoms with Crippen molar-refractivity contribution >= 4 is 44.1 Å². The van der Waals surface area contributed by atoms with Crippen LogP contribution in [-0.4, -0.2) is 13.8 Å². The van der Waals surface area contributed by atoms with E-state index in [-0.39, 0.29) is 5.41 Å². The summed E-state index contributed by atoms with van der Waals surface area (Å²) in [5.74, 6) is 0.996. The summed E-state index contributed by atoms with van der Waals surface area (Å²) in [7, 11) is 0. The Labute approximate surface area is 178 Å². The molecule has 0 atom stereocenters. The van der Waals surface area contributed by atoms with Crippen LogP contribution in [0.3, 0.4) is 0 Å². The first-order chi connectivity index (χ1) is 15.1. The first kappa shape index (κ1) is 15.9. The molecule has 0 N–H and O–H groups in total. The number of hydrogen-bond acceptors (Lipinski definition) is 1. The van der Waals surface area contributed by atoms with E-state index in [0.29, 0.717) is 0 Å². The molecule has 0 amide bonds. The smallest absolute Gasteiger partial charge is 0.220 e. The highest BCUT2D eigenvalue weighted by atomic mass is 15.2. The second-order valence-corrected chi connectivity index (χ2v) is 9.33. The van der Waals surface area contributed by atoms with Crippen molar-refractivity contribution in [2.24, 2.45) is 0 Å². The van der Waals surface area contributed by atoms with Crippen molar-refractivity contribution in [2.45, 2.75) is 19.3 Å². The highest BCUT2D eigenvalue weighted by Gasteiger charge is 2.36. The van der Waals surface area contributed by atoms with E-state index >= 15 is 0 Å². The van der Waals surface area contributed by atoms with Crippen LogP contribution in [0.5, 0.6) is 0 Å². The van der Waals surface area contributed by atoms with Gasteiger partial charge in [-0.1, -0.05) is 62.4 Å². The second-order valence-electron chi connectivity index (χ2n) is 9.33. The lowest BCUT2D eigenvalue weighted by Gasteiger charge is -2.21. The summed E-state index contributed by atoms with van der Waals surface area (Å²) in [6.45, 7) is 4.69. The zero-order chi connectivity index (χ0) is 20.5. The molecule has 0 fully saturated rings. The molecule has 0 saturated carbocycles. The lowest BCUT2D eigenvalue weighted by molar-refractivity contribution is 0.661. The van der Waals surface area contributed by atoms with E-state index in [9.17, 15) is 0 Å². The Kier molecular flexibility index (Phi) is 2.51. The van der Waals surface area contributed by atoms with Gasteiger partial charge in [0.1, 0.15) is 0 Å². The van der Waals surface area contributed by atoms with Gasteiger partial charge in [-0.2, -0.15) is 0 Å². The van der Waals surface area contributed by atoms with Crippen LogP contribution in [0, 0.1) is 0 Å². The van der Waals surface area contributed by atoms with Crippen molar-refractivity contribution in [3.8, 4) is 11.1 Å². The van der Waals surface area contributed by atoms with Gasteiger partial charge in [-0.05, 0) is 52.6 Å². The largest absolute Gasteiger partial charge is 0.277 e. The molecular weight excluding hydrogens is 378 g/mol. The molecule has 3 aromatic heterocycles. The van der Waals surface area contributed by atoms with Gasteiger partial charge < -0.3 is 0 Å². The fraction of sp³-hybridized carbons (Fsp3) is 0.107. The maximum atomic E-state index is 5.05. The van der Waals surface area contributed by atoms with Gasteiger partial charge in [-0.3, -0.25) is 8.80 Å². The Bertz CT molecular complexity index is 1860. The molecule has 7 aromatic rings. The van der Waals surface area contributed by atoms with E-state index in [1.165, 1.54) is 49.6 Å². The van der Waals surface area contributed by atoms with Crippen LogP contribution in [0.4, 0.5) is 0 Å². The van der Waals surface area contributed by atoms with Crippen LogP contribution in [0.15, 0.2) is 78.9 Å². The number of rotatable bonds is 0. The molecule has 8 rings (SSSR count). The van der Waals surface area contributed by atoms with Gasteiger partial charge in [0.25, 0.3) is 0 Å².